The number of likely N-dealkylation sites (tertiary alicyclic amines) is 1. The van der Waals surface area contributed by atoms with Crippen molar-refractivity contribution < 1.29 is 14.6 Å². The number of nitrogens with zero attached hydrogens (tertiary/aromatic N) is 2. The van der Waals surface area contributed by atoms with Crippen LogP contribution in [-0.2, 0) is 4.79 Å². The zero-order chi connectivity index (χ0) is 19.3. The minimum absolute atomic E-state index is 0.0792. The highest BCUT2D eigenvalue weighted by Gasteiger charge is 2.17. The molecule has 3 aromatic rings. The van der Waals surface area contributed by atoms with E-state index in [0.717, 1.165) is 42.6 Å². The highest BCUT2D eigenvalue weighted by molar-refractivity contribution is 5.90. The van der Waals surface area contributed by atoms with E-state index in [1.807, 2.05) is 30.5 Å². The Morgan fingerprint density at radius 2 is 2.04 bits per heavy atom. The van der Waals surface area contributed by atoms with Crippen LogP contribution >= 0.6 is 0 Å². The number of H-pyrrole nitrogens is 1. The normalized spacial score (nSPS) is 15.6. The summed E-state index contributed by atoms with van der Waals surface area (Å²) in [5, 5.41) is 13.4. The number of aliphatic hydroxyl groups is 1. The van der Waals surface area contributed by atoms with Gasteiger partial charge in [-0.25, -0.2) is 4.98 Å². The number of fused-ring (bicyclic) bond motifs is 1. The number of anilines is 1. The first-order valence-corrected chi connectivity index (χ1v) is 9.57. The fraction of sp³-hybridized carbons (Fsp3) is 0.333. The van der Waals surface area contributed by atoms with E-state index >= 15 is 0 Å². The minimum Gasteiger partial charge on any atom is -0.457 e. The monoisotopic (exact) mass is 380 g/mol. The van der Waals surface area contributed by atoms with Crippen molar-refractivity contribution in [3.8, 4) is 11.5 Å². The molecule has 1 saturated heterocycles. The molecule has 1 fully saturated rings. The second-order valence-electron chi connectivity index (χ2n) is 7.08. The third kappa shape index (κ3) is 4.68. The lowest BCUT2D eigenvalue weighted by Crippen LogP contribution is -2.37. The number of carbonyl (C=O) groups is 1. The van der Waals surface area contributed by atoms with E-state index in [0.29, 0.717) is 24.5 Å². The molecule has 1 aliphatic rings. The largest absolute Gasteiger partial charge is 0.457 e. The van der Waals surface area contributed by atoms with Crippen molar-refractivity contribution in [1.82, 2.24) is 14.9 Å². The van der Waals surface area contributed by atoms with Gasteiger partial charge in [-0.15, -0.1) is 0 Å². The number of rotatable bonds is 6. The van der Waals surface area contributed by atoms with Crippen molar-refractivity contribution in [3.63, 3.8) is 0 Å². The van der Waals surface area contributed by atoms with Gasteiger partial charge in [-0.3, -0.25) is 4.79 Å². The van der Waals surface area contributed by atoms with E-state index in [9.17, 15) is 9.90 Å². The summed E-state index contributed by atoms with van der Waals surface area (Å²) in [6.07, 6.45) is 5.25. The smallest absolute Gasteiger partial charge is 0.226 e. The molecule has 7 nitrogen and oxygen atoms in total. The molecular formula is C21H24N4O3. The third-order valence-electron chi connectivity index (χ3n) is 4.97. The second kappa shape index (κ2) is 8.41. The molecule has 1 aromatic carbocycles. The Kier molecular flexibility index (Phi) is 5.55. The van der Waals surface area contributed by atoms with Crippen LogP contribution in [0.4, 0.5) is 5.82 Å². The van der Waals surface area contributed by atoms with Crippen LogP contribution < -0.4 is 10.1 Å². The van der Waals surface area contributed by atoms with E-state index in [2.05, 4.69) is 20.2 Å². The SMILES string of the molecule is O=C(CCN1CCC(O)CC1)Nc1cc(Oc2ccc3[nH]ccc3c2)ccn1. The van der Waals surface area contributed by atoms with Gasteiger partial charge in [0.2, 0.25) is 5.91 Å². The van der Waals surface area contributed by atoms with Gasteiger partial charge in [0.1, 0.15) is 17.3 Å². The Balaban J connectivity index is 1.32. The maximum Gasteiger partial charge on any atom is 0.226 e. The number of hydrogen-bond acceptors (Lipinski definition) is 5. The van der Waals surface area contributed by atoms with Crippen molar-refractivity contribution in [1.29, 1.82) is 0 Å². The lowest BCUT2D eigenvalue weighted by atomic mass is 10.1. The zero-order valence-electron chi connectivity index (χ0n) is 15.6. The lowest BCUT2D eigenvalue weighted by Gasteiger charge is -2.29. The predicted octanol–water partition coefficient (Wildman–Crippen LogP) is 3.14. The first kappa shape index (κ1) is 18.5. The molecule has 0 aliphatic carbocycles. The summed E-state index contributed by atoms with van der Waals surface area (Å²) in [4.78, 5) is 21.8. The van der Waals surface area contributed by atoms with Crippen LogP contribution in [0.5, 0.6) is 11.5 Å². The number of nitrogens with one attached hydrogen (secondary N) is 2. The maximum absolute atomic E-state index is 12.2. The van der Waals surface area contributed by atoms with Crippen molar-refractivity contribution in [2.75, 3.05) is 25.0 Å². The van der Waals surface area contributed by atoms with Crippen LogP contribution in [0.3, 0.4) is 0 Å². The van der Waals surface area contributed by atoms with Crippen LogP contribution in [0.25, 0.3) is 10.9 Å². The summed E-state index contributed by atoms with van der Waals surface area (Å²) in [6, 6.07) is 11.3. The second-order valence-corrected chi connectivity index (χ2v) is 7.08. The summed E-state index contributed by atoms with van der Waals surface area (Å²) in [5.41, 5.74) is 1.05. The standard InChI is InChI=1S/C21H24N4O3/c26-16-5-10-25(11-6-16)12-7-21(27)24-20-14-18(4-9-23-20)28-17-1-2-19-15(13-17)3-8-22-19/h1-4,8-9,13-14,16,22,26H,5-7,10-12H2,(H,23,24,27). The number of pyridine rings is 1. The topological polar surface area (TPSA) is 90.5 Å². The van der Waals surface area contributed by atoms with E-state index in [4.69, 9.17) is 4.74 Å². The summed E-state index contributed by atoms with van der Waals surface area (Å²) in [6.45, 7) is 2.36. The Morgan fingerprint density at radius 3 is 2.89 bits per heavy atom. The minimum atomic E-state index is -0.199. The molecule has 3 N–H and O–H groups in total. The van der Waals surface area contributed by atoms with Crippen LogP contribution in [0, 0.1) is 0 Å². The van der Waals surface area contributed by atoms with Gasteiger partial charge < -0.3 is 25.0 Å². The molecule has 0 unspecified atom stereocenters. The molecule has 1 aliphatic heterocycles. The quantitative estimate of drug-likeness (QED) is 0.611. The van der Waals surface area contributed by atoms with Crippen LogP contribution in [0.15, 0.2) is 48.8 Å². The molecule has 0 bridgehead atoms. The maximum atomic E-state index is 12.2. The Bertz CT molecular complexity index is 947. The Labute approximate surface area is 163 Å². The number of aromatic nitrogens is 2. The number of aromatic amines is 1. The Morgan fingerprint density at radius 1 is 1.21 bits per heavy atom. The van der Waals surface area contributed by atoms with E-state index in [1.165, 1.54) is 0 Å². The first-order valence-electron chi connectivity index (χ1n) is 9.57. The average Bonchev–Trinajstić information content (AvgIpc) is 3.16. The molecule has 1 amide bonds. The number of ether oxygens (including phenoxy) is 1. The highest BCUT2D eigenvalue weighted by Crippen LogP contribution is 2.26. The third-order valence-corrected chi connectivity index (χ3v) is 4.97. The molecule has 2 aromatic heterocycles. The number of hydrogen-bond donors (Lipinski definition) is 3. The predicted molar refractivity (Wildman–Crippen MR) is 108 cm³/mol. The zero-order valence-corrected chi connectivity index (χ0v) is 15.6. The molecule has 0 saturated carbocycles. The van der Waals surface area contributed by atoms with Crippen LogP contribution in [0.1, 0.15) is 19.3 Å². The van der Waals surface area contributed by atoms with Gasteiger partial charge >= 0.3 is 0 Å². The van der Waals surface area contributed by atoms with Crippen molar-refractivity contribution in [2.45, 2.75) is 25.4 Å². The van der Waals surface area contributed by atoms with Crippen molar-refractivity contribution in [2.24, 2.45) is 0 Å². The molecule has 146 valence electrons. The van der Waals surface area contributed by atoms with E-state index in [-0.39, 0.29) is 12.0 Å². The summed E-state index contributed by atoms with van der Waals surface area (Å²) < 4.78 is 5.91. The summed E-state index contributed by atoms with van der Waals surface area (Å²) in [5.74, 6) is 1.73. The van der Waals surface area contributed by atoms with Gasteiger partial charge in [0, 0.05) is 55.4 Å². The molecule has 7 heteroatoms. The number of benzene rings is 1. The lowest BCUT2D eigenvalue weighted by molar-refractivity contribution is -0.116. The van der Waals surface area contributed by atoms with Crippen molar-refractivity contribution in [3.05, 3.63) is 48.8 Å². The van der Waals surface area contributed by atoms with Gasteiger partial charge in [-0.05, 0) is 43.2 Å². The molecule has 0 atom stereocenters. The first-order chi connectivity index (χ1) is 13.7. The van der Waals surface area contributed by atoms with Crippen molar-refractivity contribution >= 4 is 22.6 Å². The Hall–Kier alpha value is -2.90. The average molecular weight is 380 g/mol. The van der Waals surface area contributed by atoms with E-state index < -0.39 is 0 Å². The van der Waals surface area contributed by atoms with Gasteiger partial charge in [-0.1, -0.05) is 0 Å². The summed E-state index contributed by atoms with van der Waals surface area (Å²) >= 11 is 0. The number of carbonyl (C=O) groups excluding carboxylic acids is 1. The van der Waals surface area contributed by atoms with E-state index in [1.54, 1.807) is 18.3 Å². The van der Waals surface area contributed by atoms with Crippen LogP contribution in [-0.4, -0.2) is 51.6 Å². The molecule has 0 radical (unpaired) electrons. The number of amides is 1. The number of piperidine rings is 1. The molecule has 4 rings (SSSR count). The van der Waals surface area contributed by atoms with Crippen LogP contribution in [0.2, 0.25) is 0 Å². The fourth-order valence-electron chi connectivity index (χ4n) is 3.38. The number of aliphatic hydroxyl groups excluding tert-OH is 1. The molecule has 28 heavy (non-hydrogen) atoms. The fourth-order valence-corrected chi connectivity index (χ4v) is 3.38. The van der Waals surface area contributed by atoms with Gasteiger partial charge in [-0.2, -0.15) is 0 Å². The van der Waals surface area contributed by atoms with Gasteiger partial charge in [0.15, 0.2) is 0 Å². The molecule has 0 spiro atoms. The molecular weight excluding hydrogens is 356 g/mol. The molecule has 3 heterocycles. The van der Waals surface area contributed by atoms with Gasteiger partial charge in [0.05, 0.1) is 6.10 Å². The summed E-state index contributed by atoms with van der Waals surface area (Å²) in [7, 11) is 0. The van der Waals surface area contributed by atoms with Gasteiger partial charge in [0.25, 0.3) is 0 Å². The highest BCUT2D eigenvalue weighted by atomic mass is 16.5.